The molecule has 0 unspecified atom stereocenters. The molecule has 0 aromatic rings. The van der Waals surface area contributed by atoms with Gasteiger partial charge in [-0.15, -0.1) is 11.8 Å². The largest absolute Gasteiger partial charge is 0.134 e. The predicted octanol–water partition coefficient (Wildman–Crippen LogP) is 3.83. The molecule has 0 nitrogen and oxygen atoms in total. The van der Waals surface area contributed by atoms with Gasteiger partial charge in [0.05, 0.1) is 0 Å². The molecule has 0 radical (unpaired) electrons. The lowest BCUT2D eigenvalue weighted by molar-refractivity contribution is 0.788. The molecule has 10 heavy (non-hydrogen) atoms. The number of hydrogen-bond acceptors (Lipinski definition) is 1. The van der Waals surface area contributed by atoms with Crippen molar-refractivity contribution < 1.29 is 0 Å². The van der Waals surface area contributed by atoms with Gasteiger partial charge in [-0.3, -0.25) is 0 Å². The Labute approximate surface area is 69.1 Å². The number of allylic oxidation sites excluding steroid dienone is 1. The highest BCUT2D eigenvalue weighted by molar-refractivity contribution is 8.02. The molecule has 0 aromatic heterocycles. The Balaban J connectivity index is 3.30. The summed E-state index contributed by atoms with van der Waals surface area (Å²) in [5.74, 6) is 1.20. The average Bonchev–Trinajstić information content (AvgIpc) is 1.97. The van der Waals surface area contributed by atoms with Crippen LogP contribution in [-0.4, -0.2) is 5.75 Å². The first-order valence-corrected chi connectivity index (χ1v) is 5.13. The van der Waals surface area contributed by atoms with Gasteiger partial charge in [-0.25, -0.2) is 0 Å². The Morgan fingerprint density at radius 2 is 2.10 bits per heavy atom. The van der Waals surface area contributed by atoms with Gasteiger partial charge in [0.15, 0.2) is 0 Å². The van der Waals surface area contributed by atoms with Gasteiger partial charge in [-0.2, -0.15) is 0 Å². The van der Waals surface area contributed by atoms with Gasteiger partial charge in [0, 0.05) is 0 Å². The van der Waals surface area contributed by atoms with Gasteiger partial charge in [0.2, 0.25) is 0 Å². The van der Waals surface area contributed by atoms with Crippen LogP contribution in [0.3, 0.4) is 0 Å². The molecular weight excluding hydrogens is 140 g/mol. The topological polar surface area (TPSA) is 0 Å². The third-order valence-corrected chi connectivity index (χ3v) is 2.28. The first-order chi connectivity index (χ1) is 4.81. The van der Waals surface area contributed by atoms with Crippen molar-refractivity contribution in [2.45, 2.75) is 40.0 Å². The zero-order valence-electron chi connectivity index (χ0n) is 7.31. The van der Waals surface area contributed by atoms with E-state index in [1.54, 1.807) is 0 Å². The number of hydrogen-bond donors (Lipinski definition) is 0. The predicted molar refractivity (Wildman–Crippen MR) is 51.4 cm³/mol. The van der Waals surface area contributed by atoms with Crippen LogP contribution < -0.4 is 0 Å². The van der Waals surface area contributed by atoms with E-state index < -0.39 is 0 Å². The van der Waals surface area contributed by atoms with Gasteiger partial charge in [-0.1, -0.05) is 25.8 Å². The number of unbranched alkanes of at least 4 members (excludes halogenated alkanes) is 1. The lowest BCUT2D eigenvalue weighted by Crippen LogP contribution is -1.75. The fourth-order valence-electron chi connectivity index (χ4n) is 0.740. The van der Waals surface area contributed by atoms with Crippen molar-refractivity contribution in [2.75, 3.05) is 5.75 Å². The lowest BCUT2D eigenvalue weighted by atomic mass is 10.2. The highest BCUT2D eigenvalue weighted by Crippen LogP contribution is 2.11. The third kappa shape index (κ3) is 6.21. The molecule has 0 rings (SSSR count). The third-order valence-electron chi connectivity index (χ3n) is 1.38. The number of rotatable bonds is 5. The van der Waals surface area contributed by atoms with E-state index in [2.05, 4.69) is 26.2 Å². The summed E-state index contributed by atoms with van der Waals surface area (Å²) in [4.78, 5) is 0. The van der Waals surface area contributed by atoms with Crippen molar-refractivity contribution >= 4 is 11.8 Å². The molecule has 0 bridgehead atoms. The second-order valence-corrected chi connectivity index (χ2v) is 3.67. The van der Waals surface area contributed by atoms with E-state index in [4.69, 9.17) is 0 Å². The van der Waals surface area contributed by atoms with Gasteiger partial charge in [0.1, 0.15) is 0 Å². The Morgan fingerprint density at radius 1 is 1.40 bits per heavy atom. The molecule has 0 aliphatic carbocycles. The van der Waals surface area contributed by atoms with E-state index in [1.807, 2.05) is 11.8 Å². The minimum atomic E-state index is 1.20. The molecule has 0 atom stereocenters. The minimum absolute atomic E-state index is 1.20. The van der Waals surface area contributed by atoms with E-state index in [-0.39, 0.29) is 0 Å². The van der Waals surface area contributed by atoms with Crippen LogP contribution in [0.1, 0.15) is 40.0 Å². The number of thioether (sulfide) groups is 1. The van der Waals surface area contributed by atoms with Crippen LogP contribution in [-0.2, 0) is 0 Å². The van der Waals surface area contributed by atoms with Gasteiger partial charge < -0.3 is 0 Å². The molecule has 0 aliphatic rings. The molecular formula is C9H18S. The van der Waals surface area contributed by atoms with Gasteiger partial charge in [-0.05, 0) is 30.9 Å². The first-order valence-electron chi connectivity index (χ1n) is 4.08. The van der Waals surface area contributed by atoms with Crippen molar-refractivity contribution in [3.05, 3.63) is 11.0 Å². The quantitative estimate of drug-likeness (QED) is 0.586. The van der Waals surface area contributed by atoms with Crippen molar-refractivity contribution in [1.82, 2.24) is 0 Å². The SMILES string of the molecule is CCCCC(C)=CSCC. The van der Waals surface area contributed by atoms with E-state index in [1.165, 1.54) is 30.6 Å². The highest BCUT2D eigenvalue weighted by atomic mass is 32.2. The van der Waals surface area contributed by atoms with Crippen molar-refractivity contribution in [1.29, 1.82) is 0 Å². The van der Waals surface area contributed by atoms with Crippen LogP contribution in [0.5, 0.6) is 0 Å². The Morgan fingerprint density at radius 3 is 2.60 bits per heavy atom. The maximum Gasteiger partial charge on any atom is -0.00545 e. The standard InChI is InChI=1S/C9H18S/c1-4-6-7-9(3)8-10-5-2/h8H,4-7H2,1-3H3. The minimum Gasteiger partial charge on any atom is -0.134 e. The molecule has 0 saturated carbocycles. The molecule has 0 aromatic carbocycles. The Bertz CT molecular complexity index is 94.9. The van der Waals surface area contributed by atoms with Crippen molar-refractivity contribution in [3.8, 4) is 0 Å². The maximum absolute atomic E-state index is 2.29. The van der Waals surface area contributed by atoms with E-state index in [9.17, 15) is 0 Å². The van der Waals surface area contributed by atoms with Crippen LogP contribution in [0, 0.1) is 0 Å². The summed E-state index contributed by atoms with van der Waals surface area (Å²) in [5, 5.41) is 2.29. The summed E-state index contributed by atoms with van der Waals surface area (Å²) in [6.07, 6.45) is 3.93. The summed E-state index contributed by atoms with van der Waals surface area (Å²) in [7, 11) is 0. The van der Waals surface area contributed by atoms with Crippen LogP contribution in [0.25, 0.3) is 0 Å². The zero-order chi connectivity index (χ0) is 7.82. The Hall–Kier alpha value is 0.0900. The van der Waals surface area contributed by atoms with E-state index in [0.29, 0.717) is 0 Å². The molecule has 0 saturated heterocycles. The fourth-order valence-corrected chi connectivity index (χ4v) is 1.31. The summed E-state index contributed by atoms with van der Waals surface area (Å²) in [5.41, 5.74) is 1.54. The molecule has 0 fully saturated rings. The second kappa shape index (κ2) is 7.20. The fraction of sp³-hybridized carbons (Fsp3) is 0.778. The van der Waals surface area contributed by atoms with Gasteiger partial charge in [0.25, 0.3) is 0 Å². The Kier molecular flexibility index (Phi) is 7.26. The van der Waals surface area contributed by atoms with Crippen LogP contribution in [0.4, 0.5) is 0 Å². The molecule has 0 heterocycles. The molecule has 0 N–H and O–H groups in total. The monoisotopic (exact) mass is 158 g/mol. The van der Waals surface area contributed by atoms with Gasteiger partial charge >= 0.3 is 0 Å². The molecule has 0 aliphatic heterocycles. The summed E-state index contributed by atoms with van der Waals surface area (Å²) in [6, 6.07) is 0. The van der Waals surface area contributed by atoms with Crippen molar-refractivity contribution in [2.24, 2.45) is 0 Å². The lowest BCUT2D eigenvalue weighted by Gasteiger charge is -1.97. The highest BCUT2D eigenvalue weighted by Gasteiger charge is 1.87. The second-order valence-electron chi connectivity index (χ2n) is 2.52. The van der Waals surface area contributed by atoms with Crippen LogP contribution >= 0.6 is 11.8 Å². The molecule has 0 amide bonds. The molecule has 0 spiro atoms. The maximum atomic E-state index is 2.29. The van der Waals surface area contributed by atoms with Crippen LogP contribution in [0.2, 0.25) is 0 Å². The van der Waals surface area contributed by atoms with E-state index >= 15 is 0 Å². The summed E-state index contributed by atoms with van der Waals surface area (Å²) >= 11 is 1.90. The summed E-state index contributed by atoms with van der Waals surface area (Å²) in [6.45, 7) is 6.65. The normalized spacial score (nSPS) is 12.1. The first kappa shape index (κ1) is 10.1. The van der Waals surface area contributed by atoms with E-state index in [0.717, 1.165) is 0 Å². The zero-order valence-corrected chi connectivity index (χ0v) is 8.13. The summed E-state index contributed by atoms with van der Waals surface area (Å²) < 4.78 is 0. The average molecular weight is 158 g/mol. The van der Waals surface area contributed by atoms with Crippen LogP contribution in [0.15, 0.2) is 11.0 Å². The molecule has 60 valence electrons. The molecule has 1 heteroatoms. The smallest absolute Gasteiger partial charge is 0.00545 e. The van der Waals surface area contributed by atoms with Crippen molar-refractivity contribution in [3.63, 3.8) is 0 Å².